The third-order valence-electron chi connectivity index (χ3n) is 2.15. The molecule has 8 heteroatoms. The van der Waals surface area contributed by atoms with Crippen LogP contribution in [0.1, 0.15) is 10.4 Å². The van der Waals surface area contributed by atoms with Crippen LogP contribution in [0.15, 0.2) is 35.6 Å². The number of thiazole rings is 1. The van der Waals surface area contributed by atoms with Crippen molar-refractivity contribution < 1.29 is 4.74 Å². The van der Waals surface area contributed by atoms with Crippen LogP contribution >= 0.6 is 35.2 Å². The Kier molecular flexibility index (Phi) is 5.28. The summed E-state index contributed by atoms with van der Waals surface area (Å²) >= 11 is 11.8. The maximum Gasteiger partial charge on any atom is 0.184 e. The molecule has 0 bridgehead atoms. The SMILES string of the molecule is NC(=S)N/N=C\c1cccc(OCc2cnc(Cl)s2)c1. The fraction of sp³-hybridized carbons (Fsp3) is 0.0833. The van der Waals surface area contributed by atoms with E-state index in [9.17, 15) is 0 Å². The molecule has 0 saturated carbocycles. The zero-order valence-corrected chi connectivity index (χ0v) is 12.6. The van der Waals surface area contributed by atoms with Crippen molar-refractivity contribution >= 4 is 46.5 Å². The molecule has 0 aliphatic heterocycles. The average molecular weight is 327 g/mol. The van der Waals surface area contributed by atoms with Crippen LogP contribution in [0.3, 0.4) is 0 Å². The normalized spacial score (nSPS) is 10.7. The van der Waals surface area contributed by atoms with Gasteiger partial charge in [0.15, 0.2) is 9.58 Å². The molecular formula is C12H11ClN4OS2. The number of thiocarbonyl (C=S) groups is 1. The van der Waals surface area contributed by atoms with E-state index in [-0.39, 0.29) is 5.11 Å². The minimum atomic E-state index is 0.121. The molecule has 0 aliphatic carbocycles. The minimum Gasteiger partial charge on any atom is -0.488 e. The number of halogens is 1. The Balaban J connectivity index is 1.95. The molecule has 1 heterocycles. The Morgan fingerprint density at radius 3 is 3.15 bits per heavy atom. The molecule has 104 valence electrons. The number of nitrogens with zero attached hydrogens (tertiary/aromatic N) is 2. The van der Waals surface area contributed by atoms with E-state index in [2.05, 4.69) is 27.7 Å². The van der Waals surface area contributed by atoms with Crippen LogP contribution in [-0.4, -0.2) is 16.3 Å². The topological polar surface area (TPSA) is 72.5 Å². The standard InChI is InChI=1S/C12H11ClN4OS2/c13-11-15-6-10(20-11)7-18-9-3-1-2-8(4-9)5-16-17-12(14)19/h1-6H,7H2,(H3,14,17,19)/b16-5-. The van der Waals surface area contributed by atoms with Crippen molar-refractivity contribution in [1.82, 2.24) is 10.4 Å². The molecule has 0 saturated heterocycles. The summed E-state index contributed by atoms with van der Waals surface area (Å²) in [4.78, 5) is 4.92. The number of aromatic nitrogens is 1. The maximum atomic E-state index is 5.76. The molecule has 2 rings (SSSR count). The second kappa shape index (κ2) is 7.18. The highest BCUT2D eigenvalue weighted by Gasteiger charge is 2.01. The lowest BCUT2D eigenvalue weighted by molar-refractivity contribution is 0.309. The first-order chi connectivity index (χ1) is 9.63. The van der Waals surface area contributed by atoms with Gasteiger partial charge in [0.05, 0.1) is 11.1 Å². The van der Waals surface area contributed by atoms with E-state index >= 15 is 0 Å². The highest BCUT2D eigenvalue weighted by atomic mass is 35.5. The summed E-state index contributed by atoms with van der Waals surface area (Å²) in [5.41, 5.74) is 8.63. The molecule has 20 heavy (non-hydrogen) atoms. The van der Waals surface area contributed by atoms with E-state index in [1.807, 2.05) is 24.3 Å². The smallest absolute Gasteiger partial charge is 0.184 e. The van der Waals surface area contributed by atoms with Gasteiger partial charge in [0.25, 0.3) is 0 Å². The molecule has 0 radical (unpaired) electrons. The maximum absolute atomic E-state index is 5.76. The van der Waals surface area contributed by atoms with Crippen molar-refractivity contribution in [2.45, 2.75) is 6.61 Å². The number of nitrogens with two attached hydrogens (primary N) is 1. The van der Waals surface area contributed by atoms with Crippen LogP contribution in [0, 0.1) is 0 Å². The van der Waals surface area contributed by atoms with Crippen LogP contribution in [0.25, 0.3) is 0 Å². The van der Waals surface area contributed by atoms with Crippen molar-refractivity contribution in [2.24, 2.45) is 10.8 Å². The van der Waals surface area contributed by atoms with Gasteiger partial charge >= 0.3 is 0 Å². The van der Waals surface area contributed by atoms with Gasteiger partial charge in [-0.2, -0.15) is 5.10 Å². The van der Waals surface area contributed by atoms with E-state index in [4.69, 9.17) is 22.1 Å². The first-order valence-electron chi connectivity index (χ1n) is 5.55. The van der Waals surface area contributed by atoms with Gasteiger partial charge < -0.3 is 10.5 Å². The number of hydrazone groups is 1. The summed E-state index contributed by atoms with van der Waals surface area (Å²) in [6.07, 6.45) is 3.31. The van der Waals surface area contributed by atoms with Gasteiger partial charge in [0.2, 0.25) is 0 Å². The Hall–Kier alpha value is -1.70. The van der Waals surface area contributed by atoms with E-state index in [1.54, 1.807) is 12.4 Å². The molecule has 5 nitrogen and oxygen atoms in total. The Morgan fingerprint density at radius 2 is 2.45 bits per heavy atom. The van der Waals surface area contributed by atoms with Crippen LogP contribution in [0.5, 0.6) is 5.75 Å². The third kappa shape index (κ3) is 4.76. The second-order valence-corrected chi connectivity index (χ2v) is 5.81. The van der Waals surface area contributed by atoms with Gasteiger partial charge in [-0.1, -0.05) is 23.7 Å². The van der Waals surface area contributed by atoms with Crippen LogP contribution in [-0.2, 0) is 6.61 Å². The quantitative estimate of drug-likeness (QED) is 0.502. The van der Waals surface area contributed by atoms with Crippen molar-refractivity contribution in [1.29, 1.82) is 0 Å². The molecule has 1 aromatic heterocycles. The van der Waals surface area contributed by atoms with Crippen molar-refractivity contribution in [3.8, 4) is 5.75 Å². The molecular weight excluding hydrogens is 316 g/mol. The fourth-order valence-corrected chi connectivity index (χ4v) is 2.30. The molecule has 0 fully saturated rings. The number of nitrogens with one attached hydrogen (secondary N) is 1. The van der Waals surface area contributed by atoms with Gasteiger partial charge in [-0.3, -0.25) is 5.43 Å². The first-order valence-corrected chi connectivity index (χ1v) is 7.15. The van der Waals surface area contributed by atoms with Crippen molar-refractivity contribution in [3.05, 3.63) is 45.4 Å². The van der Waals surface area contributed by atoms with Crippen LogP contribution in [0.2, 0.25) is 4.47 Å². The van der Waals surface area contributed by atoms with Gasteiger partial charge in [0, 0.05) is 6.20 Å². The molecule has 0 atom stereocenters. The largest absolute Gasteiger partial charge is 0.488 e. The highest BCUT2D eigenvalue weighted by Crippen LogP contribution is 2.20. The number of hydrogen-bond acceptors (Lipinski definition) is 5. The summed E-state index contributed by atoms with van der Waals surface area (Å²) in [7, 11) is 0. The molecule has 2 aromatic rings. The van der Waals surface area contributed by atoms with E-state index < -0.39 is 0 Å². The second-order valence-electron chi connectivity index (χ2n) is 3.67. The molecule has 0 unspecified atom stereocenters. The minimum absolute atomic E-state index is 0.121. The third-order valence-corrected chi connectivity index (χ3v) is 3.33. The van der Waals surface area contributed by atoms with E-state index in [1.165, 1.54) is 11.3 Å². The molecule has 0 spiro atoms. The zero-order valence-electron chi connectivity index (χ0n) is 10.2. The molecule has 3 N–H and O–H groups in total. The number of rotatable bonds is 5. The Labute approximate surface area is 130 Å². The average Bonchev–Trinajstić information content (AvgIpc) is 2.82. The number of benzene rings is 1. The molecule has 0 amide bonds. The predicted molar refractivity (Wildman–Crippen MR) is 85.4 cm³/mol. The molecule has 0 aliphatic rings. The summed E-state index contributed by atoms with van der Waals surface area (Å²) in [6.45, 7) is 0.427. The van der Waals surface area contributed by atoms with Gasteiger partial charge in [0.1, 0.15) is 12.4 Å². The van der Waals surface area contributed by atoms with E-state index in [0.717, 1.165) is 16.2 Å². The van der Waals surface area contributed by atoms with E-state index in [0.29, 0.717) is 11.1 Å². The summed E-state index contributed by atoms with van der Waals surface area (Å²) in [5.74, 6) is 0.730. The Bertz CT molecular complexity index is 629. The summed E-state index contributed by atoms with van der Waals surface area (Å²) in [5, 5.41) is 4.00. The van der Waals surface area contributed by atoms with Crippen molar-refractivity contribution in [3.63, 3.8) is 0 Å². The monoisotopic (exact) mass is 326 g/mol. The van der Waals surface area contributed by atoms with Crippen molar-refractivity contribution in [2.75, 3.05) is 0 Å². The van der Waals surface area contributed by atoms with Gasteiger partial charge in [-0.15, -0.1) is 11.3 Å². The number of ether oxygens (including phenoxy) is 1. The predicted octanol–water partition coefficient (Wildman–Crippen LogP) is 2.54. The lowest BCUT2D eigenvalue weighted by Crippen LogP contribution is -2.23. The lowest BCUT2D eigenvalue weighted by atomic mass is 10.2. The Morgan fingerprint density at radius 1 is 1.60 bits per heavy atom. The summed E-state index contributed by atoms with van der Waals surface area (Å²) < 4.78 is 6.16. The zero-order chi connectivity index (χ0) is 14.4. The first kappa shape index (κ1) is 14.7. The van der Waals surface area contributed by atoms with Gasteiger partial charge in [-0.05, 0) is 29.9 Å². The molecule has 1 aromatic carbocycles. The fourth-order valence-electron chi connectivity index (χ4n) is 1.36. The lowest BCUT2D eigenvalue weighted by Gasteiger charge is -2.04. The van der Waals surface area contributed by atoms with Gasteiger partial charge in [-0.25, -0.2) is 4.98 Å². The number of hydrogen-bond donors (Lipinski definition) is 2. The van der Waals surface area contributed by atoms with Crippen LogP contribution in [0.4, 0.5) is 0 Å². The van der Waals surface area contributed by atoms with Crippen LogP contribution < -0.4 is 15.9 Å². The summed E-state index contributed by atoms with van der Waals surface area (Å²) in [6, 6.07) is 7.48. The highest BCUT2D eigenvalue weighted by molar-refractivity contribution is 7.80.